The van der Waals surface area contributed by atoms with Gasteiger partial charge < -0.3 is 9.87 Å². The van der Waals surface area contributed by atoms with Gasteiger partial charge in [-0.15, -0.1) is 0 Å². The summed E-state index contributed by atoms with van der Waals surface area (Å²) in [7, 11) is 0. The highest BCUT2D eigenvalue weighted by Crippen LogP contribution is 2.47. The van der Waals surface area contributed by atoms with Crippen molar-refractivity contribution < 1.29 is 31.1 Å². The molecule has 3 aromatic rings. The van der Waals surface area contributed by atoms with Crippen molar-refractivity contribution >= 4 is 22.7 Å². The van der Waals surface area contributed by atoms with Crippen LogP contribution in [-0.4, -0.2) is 20.8 Å². The second-order valence-electron chi connectivity index (χ2n) is 7.48. The molecule has 0 bridgehead atoms. The number of hydrogen-bond donors (Lipinski definition) is 2. The van der Waals surface area contributed by atoms with Crippen LogP contribution in [0, 0.1) is 0 Å². The van der Waals surface area contributed by atoms with Gasteiger partial charge in [0.05, 0.1) is 11.7 Å². The predicted octanol–water partition coefficient (Wildman–Crippen LogP) is 5.93. The molecule has 9 heteroatoms. The average Bonchev–Trinajstić information content (AvgIpc) is 2.78. The van der Waals surface area contributed by atoms with E-state index in [-0.39, 0.29) is 12.1 Å². The smallest absolute Gasteiger partial charge is 0.326 e. The van der Waals surface area contributed by atoms with Crippen molar-refractivity contribution in [3.63, 3.8) is 0 Å². The van der Waals surface area contributed by atoms with Crippen molar-refractivity contribution in [2.24, 2.45) is 0 Å². The second-order valence-corrected chi connectivity index (χ2v) is 8.74. The molecule has 0 aliphatic heterocycles. The Morgan fingerprint density at radius 1 is 0.909 bits per heavy atom. The van der Waals surface area contributed by atoms with E-state index in [2.05, 4.69) is 5.32 Å². The van der Waals surface area contributed by atoms with Crippen LogP contribution < -0.4 is 5.32 Å². The van der Waals surface area contributed by atoms with Crippen LogP contribution in [-0.2, 0) is 28.0 Å². The summed E-state index contributed by atoms with van der Waals surface area (Å²) in [6.45, 7) is 1.60. The van der Waals surface area contributed by atoms with Crippen LogP contribution in [0.2, 0.25) is 0 Å². The van der Waals surface area contributed by atoms with Gasteiger partial charge in [-0.25, -0.2) is 8.60 Å². The largest absolute Gasteiger partial charge is 0.431 e. The normalized spacial score (nSPS) is 15.3. The van der Waals surface area contributed by atoms with E-state index in [9.17, 15) is 22.2 Å². The fraction of sp³-hybridized carbons (Fsp3) is 0.208. The van der Waals surface area contributed by atoms with Crippen LogP contribution in [0.15, 0.2) is 78.9 Å². The Balaban J connectivity index is 1.72. The zero-order valence-electron chi connectivity index (χ0n) is 17.5. The molecule has 0 aliphatic rings. The molecule has 174 valence electrons. The summed E-state index contributed by atoms with van der Waals surface area (Å²) in [6.07, 6.45) is -5.19. The molecule has 3 unspecified atom stereocenters. The van der Waals surface area contributed by atoms with Gasteiger partial charge in [0.2, 0.25) is 5.91 Å². The molecule has 0 aliphatic carbocycles. The number of carbonyl (C=O) groups is 1. The van der Waals surface area contributed by atoms with Gasteiger partial charge in [-0.05, 0) is 30.2 Å². The molecule has 3 rings (SSSR count). The van der Waals surface area contributed by atoms with Crippen LogP contribution in [0.3, 0.4) is 0 Å². The number of hydrogen-bond acceptors (Lipinski definition) is 2. The van der Waals surface area contributed by atoms with Gasteiger partial charge in [0.1, 0.15) is 0 Å². The van der Waals surface area contributed by atoms with E-state index in [1.807, 2.05) is 0 Å². The number of rotatable bonds is 7. The van der Waals surface area contributed by atoms with Crippen molar-refractivity contribution in [2.45, 2.75) is 30.4 Å². The molecule has 0 aromatic heterocycles. The fourth-order valence-corrected chi connectivity index (χ4v) is 3.75. The average molecular weight is 479 g/mol. The summed E-state index contributed by atoms with van der Waals surface area (Å²) >= 11 is -2.01. The molecule has 0 fully saturated rings. The van der Waals surface area contributed by atoms with E-state index < -0.39 is 45.2 Å². The summed E-state index contributed by atoms with van der Waals surface area (Å²) in [5, 5.41) is 2.00. The third-order valence-electron chi connectivity index (χ3n) is 5.24. The third kappa shape index (κ3) is 5.48. The van der Waals surface area contributed by atoms with Crippen LogP contribution in [0.1, 0.15) is 34.4 Å². The van der Waals surface area contributed by atoms with E-state index in [0.29, 0.717) is 11.1 Å². The highest BCUT2D eigenvalue weighted by Gasteiger charge is 2.58. The van der Waals surface area contributed by atoms with E-state index in [1.165, 1.54) is 30.3 Å². The zero-order valence-corrected chi connectivity index (χ0v) is 18.3. The molecule has 2 N–H and O–H groups in total. The Morgan fingerprint density at radius 2 is 1.45 bits per heavy atom. The number of anilines is 1. The molecule has 3 aromatic carbocycles. The second kappa shape index (κ2) is 9.84. The molecule has 3 atom stereocenters. The summed E-state index contributed by atoms with van der Waals surface area (Å²) in [5.74, 6) is -0.417. The van der Waals surface area contributed by atoms with Gasteiger partial charge in [0.25, 0.3) is 5.67 Å². The Labute approximate surface area is 190 Å². The fourth-order valence-electron chi connectivity index (χ4n) is 3.36. The van der Waals surface area contributed by atoms with Crippen molar-refractivity contribution in [1.29, 1.82) is 0 Å². The van der Waals surface area contributed by atoms with Gasteiger partial charge >= 0.3 is 6.18 Å². The Kier molecular flexibility index (Phi) is 7.34. The summed E-state index contributed by atoms with van der Waals surface area (Å²) in [5.41, 5.74) is -3.29. The topological polar surface area (TPSA) is 66.4 Å². The number of alkyl halides is 4. The molecule has 4 nitrogen and oxygen atoms in total. The lowest BCUT2D eigenvalue weighted by Gasteiger charge is -2.29. The van der Waals surface area contributed by atoms with Gasteiger partial charge in [0, 0.05) is 16.8 Å². The lowest BCUT2D eigenvalue weighted by atomic mass is 9.87. The Bertz CT molecular complexity index is 1120. The van der Waals surface area contributed by atoms with E-state index in [1.54, 1.807) is 31.2 Å². The van der Waals surface area contributed by atoms with Gasteiger partial charge in [-0.2, -0.15) is 13.2 Å². The molecule has 0 heterocycles. The molecular weight excluding hydrogens is 458 g/mol. The zero-order chi connectivity index (χ0) is 24.2. The van der Waals surface area contributed by atoms with Crippen molar-refractivity contribution in [3.05, 3.63) is 101 Å². The maximum absolute atomic E-state index is 15.3. The number of carbonyl (C=O) groups excluding carboxylic acids is 1. The minimum absolute atomic E-state index is 0.0156. The number of benzene rings is 3. The molecule has 0 radical (unpaired) electrons. The van der Waals surface area contributed by atoms with Crippen LogP contribution in [0.5, 0.6) is 0 Å². The maximum atomic E-state index is 15.3. The lowest BCUT2D eigenvalue weighted by Crippen LogP contribution is -2.39. The van der Waals surface area contributed by atoms with Crippen LogP contribution in [0.4, 0.5) is 23.2 Å². The quantitative estimate of drug-likeness (QED) is 0.326. The molecule has 0 saturated heterocycles. The summed E-state index contributed by atoms with van der Waals surface area (Å²) in [4.78, 5) is 12.3. The third-order valence-corrected chi connectivity index (χ3v) is 6.12. The molecule has 0 saturated carbocycles. The molecular formula is C24H21F4NO3S. The molecule has 1 amide bonds. The van der Waals surface area contributed by atoms with Gasteiger partial charge in [0.15, 0.2) is 11.1 Å². The highest BCUT2D eigenvalue weighted by molar-refractivity contribution is 7.79. The SMILES string of the molecule is CC(c1ccc(CC(=O)Nc2ccc(C(F)(c3ccccc3)C(F)(F)F)cc2)cc1)S(=O)O. The molecule has 33 heavy (non-hydrogen) atoms. The standard InChI is InChI=1S/C24H21F4NO3S/c1-16(33(31)32)18-9-7-17(8-10-18)15-22(30)29-21-13-11-20(12-14-21)23(25,24(26,27)28)19-5-3-2-4-6-19/h2-14,16H,15H2,1H3,(H,29,30)(H,31,32). The number of nitrogens with one attached hydrogen (secondary N) is 1. The first-order valence-corrected chi connectivity index (χ1v) is 11.1. The van der Waals surface area contributed by atoms with E-state index >= 15 is 4.39 Å². The van der Waals surface area contributed by atoms with Gasteiger partial charge in [-0.3, -0.25) is 4.79 Å². The lowest BCUT2D eigenvalue weighted by molar-refractivity contribution is -0.219. The predicted molar refractivity (Wildman–Crippen MR) is 119 cm³/mol. The van der Waals surface area contributed by atoms with E-state index in [4.69, 9.17) is 4.55 Å². The maximum Gasteiger partial charge on any atom is 0.431 e. The highest BCUT2D eigenvalue weighted by atomic mass is 32.2. The first-order chi connectivity index (χ1) is 15.5. The Hall–Kier alpha value is -3.04. The first-order valence-electron chi connectivity index (χ1n) is 9.92. The monoisotopic (exact) mass is 479 g/mol. The van der Waals surface area contributed by atoms with Crippen LogP contribution >= 0.6 is 0 Å². The number of amides is 1. The summed E-state index contributed by atoms with van der Waals surface area (Å²) in [6, 6.07) is 17.4. The van der Waals surface area contributed by atoms with Crippen molar-refractivity contribution in [2.75, 3.05) is 5.32 Å². The summed E-state index contributed by atoms with van der Waals surface area (Å²) < 4.78 is 76.7. The van der Waals surface area contributed by atoms with Crippen molar-refractivity contribution in [1.82, 2.24) is 0 Å². The van der Waals surface area contributed by atoms with Gasteiger partial charge in [-0.1, -0.05) is 66.7 Å². The van der Waals surface area contributed by atoms with Crippen LogP contribution in [0.25, 0.3) is 0 Å². The minimum Gasteiger partial charge on any atom is -0.326 e. The number of halogens is 4. The van der Waals surface area contributed by atoms with Crippen molar-refractivity contribution in [3.8, 4) is 0 Å². The van der Waals surface area contributed by atoms with E-state index in [0.717, 1.165) is 24.3 Å². The Morgan fingerprint density at radius 3 is 1.97 bits per heavy atom. The minimum atomic E-state index is -5.18. The molecule has 0 spiro atoms. The first kappa shape index (κ1) is 24.6.